The predicted molar refractivity (Wildman–Crippen MR) is 103 cm³/mol. The Morgan fingerprint density at radius 1 is 1.44 bits per heavy atom. The molecular formula is C16H18N4O4S3. The standard InChI is InChI=1S/C16H18N4O4S3/c1-10-15(25-8-5-17)26-16(18-10)19-14(21)12-9-13(11(2)24-12)27(22,23)20-6-3-4-7-20/h9H,3-4,6-8H2,1-2H3,(H,18,19,21). The minimum absolute atomic E-state index is 0.0233. The number of rotatable bonds is 6. The third kappa shape index (κ3) is 4.19. The number of nitrogens with zero attached hydrogens (tertiary/aromatic N) is 3. The number of sulfonamides is 1. The fraction of sp³-hybridized carbons (Fsp3) is 0.438. The molecule has 0 unspecified atom stereocenters. The number of nitriles is 1. The topological polar surface area (TPSA) is 116 Å². The van der Waals surface area contributed by atoms with E-state index in [1.165, 1.54) is 40.4 Å². The molecule has 0 atom stereocenters. The number of furan rings is 1. The van der Waals surface area contributed by atoms with Crippen molar-refractivity contribution in [3.63, 3.8) is 0 Å². The van der Waals surface area contributed by atoms with Crippen LogP contribution in [0.15, 0.2) is 19.6 Å². The molecule has 3 rings (SSSR count). The molecule has 1 fully saturated rings. The molecular weight excluding hydrogens is 408 g/mol. The van der Waals surface area contributed by atoms with Gasteiger partial charge in [-0.2, -0.15) is 9.57 Å². The number of aromatic nitrogens is 1. The van der Waals surface area contributed by atoms with Crippen LogP contribution in [0.25, 0.3) is 0 Å². The first-order valence-electron chi connectivity index (χ1n) is 8.22. The van der Waals surface area contributed by atoms with Crippen molar-refractivity contribution < 1.29 is 17.6 Å². The van der Waals surface area contributed by atoms with Crippen molar-refractivity contribution in [2.45, 2.75) is 35.8 Å². The Hall–Kier alpha value is -1.87. The van der Waals surface area contributed by atoms with Gasteiger partial charge >= 0.3 is 0 Å². The number of hydrogen-bond donors (Lipinski definition) is 1. The van der Waals surface area contributed by atoms with Crippen LogP contribution in [0.5, 0.6) is 0 Å². The number of carbonyl (C=O) groups excluding carboxylic acids is 1. The minimum Gasteiger partial charge on any atom is -0.455 e. The molecule has 1 saturated heterocycles. The van der Waals surface area contributed by atoms with Gasteiger partial charge in [-0.05, 0) is 26.7 Å². The third-order valence-electron chi connectivity index (χ3n) is 4.02. The van der Waals surface area contributed by atoms with Gasteiger partial charge < -0.3 is 4.42 Å². The normalized spacial score (nSPS) is 15.0. The maximum Gasteiger partial charge on any atom is 0.293 e. The Morgan fingerprint density at radius 2 is 2.15 bits per heavy atom. The third-order valence-corrected chi connectivity index (χ3v) is 8.33. The van der Waals surface area contributed by atoms with E-state index in [0.29, 0.717) is 24.0 Å². The molecule has 11 heteroatoms. The lowest BCUT2D eigenvalue weighted by Crippen LogP contribution is -2.28. The number of carbonyl (C=O) groups is 1. The number of nitrogens with one attached hydrogen (secondary N) is 1. The van der Waals surface area contributed by atoms with Gasteiger partial charge in [0.1, 0.15) is 10.7 Å². The van der Waals surface area contributed by atoms with Gasteiger partial charge in [-0.1, -0.05) is 23.1 Å². The van der Waals surface area contributed by atoms with Crippen LogP contribution in [0.2, 0.25) is 0 Å². The Morgan fingerprint density at radius 3 is 2.81 bits per heavy atom. The van der Waals surface area contributed by atoms with Gasteiger partial charge in [0, 0.05) is 19.2 Å². The Bertz CT molecular complexity index is 998. The zero-order chi connectivity index (χ0) is 19.6. The largest absolute Gasteiger partial charge is 0.455 e. The lowest BCUT2D eigenvalue weighted by Gasteiger charge is -2.14. The van der Waals surface area contributed by atoms with Crippen LogP contribution in [-0.2, 0) is 10.0 Å². The molecule has 0 spiro atoms. The van der Waals surface area contributed by atoms with Gasteiger partial charge in [0.2, 0.25) is 10.0 Å². The van der Waals surface area contributed by atoms with Crippen molar-refractivity contribution in [1.82, 2.24) is 9.29 Å². The number of thiazole rings is 1. The average Bonchev–Trinajstić information content (AvgIpc) is 3.33. The van der Waals surface area contributed by atoms with Crippen molar-refractivity contribution in [2.75, 3.05) is 24.2 Å². The number of hydrogen-bond acceptors (Lipinski definition) is 8. The van der Waals surface area contributed by atoms with E-state index < -0.39 is 15.9 Å². The van der Waals surface area contributed by atoms with Gasteiger partial charge in [0.15, 0.2) is 10.9 Å². The summed E-state index contributed by atoms with van der Waals surface area (Å²) in [5, 5.41) is 11.7. The second-order valence-corrected chi connectivity index (χ2v) is 10.1. The van der Waals surface area contributed by atoms with E-state index in [4.69, 9.17) is 9.68 Å². The average molecular weight is 427 g/mol. The molecule has 1 aliphatic heterocycles. The van der Waals surface area contributed by atoms with Crippen molar-refractivity contribution in [1.29, 1.82) is 5.26 Å². The molecule has 0 saturated carbocycles. The smallest absolute Gasteiger partial charge is 0.293 e. The summed E-state index contributed by atoms with van der Waals surface area (Å²) in [6.45, 7) is 4.29. The van der Waals surface area contributed by atoms with E-state index in [1.54, 1.807) is 6.92 Å². The quantitative estimate of drug-likeness (QED) is 0.706. The Labute approximate surface area is 165 Å². The van der Waals surface area contributed by atoms with E-state index in [2.05, 4.69) is 10.3 Å². The van der Waals surface area contributed by atoms with E-state index in [1.807, 2.05) is 6.07 Å². The van der Waals surface area contributed by atoms with E-state index in [0.717, 1.165) is 22.7 Å². The second-order valence-electron chi connectivity index (χ2n) is 5.94. The van der Waals surface area contributed by atoms with Crippen LogP contribution < -0.4 is 5.32 Å². The van der Waals surface area contributed by atoms with Crippen molar-refractivity contribution >= 4 is 44.2 Å². The highest BCUT2D eigenvalue weighted by atomic mass is 32.2. The fourth-order valence-corrected chi connectivity index (χ4v) is 6.20. The first-order chi connectivity index (χ1) is 12.8. The summed E-state index contributed by atoms with van der Waals surface area (Å²) in [6, 6.07) is 3.31. The van der Waals surface area contributed by atoms with Crippen LogP contribution in [0.1, 0.15) is 34.9 Å². The molecule has 3 heterocycles. The molecule has 144 valence electrons. The van der Waals surface area contributed by atoms with Gasteiger partial charge in [0.25, 0.3) is 5.91 Å². The van der Waals surface area contributed by atoms with Gasteiger partial charge in [0.05, 0.1) is 21.7 Å². The zero-order valence-electron chi connectivity index (χ0n) is 14.8. The highest BCUT2D eigenvalue weighted by Crippen LogP contribution is 2.32. The van der Waals surface area contributed by atoms with Crippen molar-refractivity contribution in [2.24, 2.45) is 0 Å². The molecule has 0 aliphatic carbocycles. The summed E-state index contributed by atoms with van der Waals surface area (Å²) in [5.41, 5.74) is 0.725. The van der Waals surface area contributed by atoms with E-state index >= 15 is 0 Å². The number of aryl methyl sites for hydroxylation is 2. The van der Waals surface area contributed by atoms with Crippen LogP contribution >= 0.6 is 23.1 Å². The van der Waals surface area contributed by atoms with E-state index in [-0.39, 0.29) is 16.4 Å². The van der Waals surface area contributed by atoms with Gasteiger partial charge in [-0.3, -0.25) is 10.1 Å². The Balaban J connectivity index is 1.78. The highest BCUT2D eigenvalue weighted by Gasteiger charge is 2.31. The second kappa shape index (κ2) is 8.02. The van der Waals surface area contributed by atoms with Crippen LogP contribution in [0, 0.1) is 25.2 Å². The maximum atomic E-state index is 12.7. The monoisotopic (exact) mass is 426 g/mol. The first kappa shape index (κ1) is 19.9. The summed E-state index contributed by atoms with van der Waals surface area (Å²) < 4.78 is 33.1. The summed E-state index contributed by atoms with van der Waals surface area (Å²) in [5.74, 6) is -0.158. The lowest BCUT2D eigenvalue weighted by molar-refractivity contribution is 0.0995. The highest BCUT2D eigenvalue weighted by molar-refractivity contribution is 8.01. The first-order valence-corrected chi connectivity index (χ1v) is 11.5. The van der Waals surface area contributed by atoms with E-state index in [9.17, 15) is 13.2 Å². The molecule has 0 radical (unpaired) electrons. The van der Waals surface area contributed by atoms with Crippen LogP contribution in [-0.4, -0.2) is 42.5 Å². The Kier molecular flexibility index (Phi) is 5.90. The number of amides is 1. The predicted octanol–water partition coefficient (Wildman–Crippen LogP) is 3.01. The SMILES string of the molecule is Cc1nc(NC(=O)c2cc(S(=O)(=O)N3CCCC3)c(C)o2)sc1SCC#N. The molecule has 1 amide bonds. The molecule has 1 aliphatic rings. The number of anilines is 1. The molecule has 27 heavy (non-hydrogen) atoms. The number of thioether (sulfide) groups is 1. The maximum absolute atomic E-state index is 12.7. The molecule has 8 nitrogen and oxygen atoms in total. The van der Waals surface area contributed by atoms with Crippen LogP contribution in [0.3, 0.4) is 0 Å². The summed E-state index contributed by atoms with van der Waals surface area (Å²) >= 11 is 2.61. The molecule has 2 aromatic rings. The minimum atomic E-state index is -3.66. The van der Waals surface area contributed by atoms with Crippen molar-refractivity contribution in [3.05, 3.63) is 23.3 Å². The summed E-state index contributed by atoms with van der Waals surface area (Å²) in [4.78, 5) is 16.7. The summed E-state index contributed by atoms with van der Waals surface area (Å²) in [6.07, 6.45) is 1.66. The molecule has 0 aromatic carbocycles. The summed E-state index contributed by atoms with van der Waals surface area (Å²) in [7, 11) is -3.66. The van der Waals surface area contributed by atoms with Gasteiger partial charge in [-0.15, -0.1) is 0 Å². The molecule has 2 aromatic heterocycles. The molecule has 1 N–H and O–H groups in total. The van der Waals surface area contributed by atoms with Gasteiger partial charge in [-0.25, -0.2) is 13.4 Å². The zero-order valence-corrected chi connectivity index (χ0v) is 17.3. The molecule has 0 bridgehead atoms. The fourth-order valence-electron chi connectivity index (χ4n) is 2.73. The lowest BCUT2D eigenvalue weighted by atomic mass is 10.4. The van der Waals surface area contributed by atoms with Crippen molar-refractivity contribution in [3.8, 4) is 6.07 Å². The van der Waals surface area contributed by atoms with Crippen LogP contribution in [0.4, 0.5) is 5.13 Å².